The van der Waals surface area contributed by atoms with Crippen molar-refractivity contribution in [2.24, 2.45) is 5.92 Å². The van der Waals surface area contributed by atoms with Crippen LogP contribution in [-0.4, -0.2) is 12.6 Å². The summed E-state index contributed by atoms with van der Waals surface area (Å²) in [5.74, 6) is 1.22. The first-order valence-corrected chi connectivity index (χ1v) is 5.93. The van der Waals surface area contributed by atoms with Gasteiger partial charge in [0.05, 0.1) is 18.7 Å². The molecule has 0 bridgehead atoms. The molecule has 0 aromatic heterocycles. The van der Waals surface area contributed by atoms with Crippen LogP contribution in [0.3, 0.4) is 0 Å². The summed E-state index contributed by atoms with van der Waals surface area (Å²) >= 11 is 0. The number of benzene rings is 1. The van der Waals surface area contributed by atoms with Gasteiger partial charge in [0, 0.05) is 11.5 Å². The van der Waals surface area contributed by atoms with Gasteiger partial charge >= 0.3 is 0 Å². The topological polar surface area (TPSA) is 57.1 Å². The summed E-state index contributed by atoms with van der Waals surface area (Å²) in [4.78, 5) is 0. The van der Waals surface area contributed by atoms with E-state index in [1.807, 2.05) is 6.07 Å². The van der Waals surface area contributed by atoms with Crippen molar-refractivity contribution >= 4 is 0 Å². The Labute approximate surface area is 101 Å². The highest BCUT2D eigenvalue weighted by Gasteiger charge is 2.39. The van der Waals surface area contributed by atoms with Crippen LogP contribution in [0.4, 0.5) is 0 Å². The van der Waals surface area contributed by atoms with Crippen LogP contribution in [0.2, 0.25) is 0 Å². The molecule has 0 radical (unpaired) electrons. The van der Waals surface area contributed by atoms with Gasteiger partial charge in [-0.15, -0.1) is 0 Å². The third-order valence-electron chi connectivity index (χ3n) is 3.60. The molecule has 4 nitrogen and oxygen atoms in total. The maximum atomic E-state index is 9.11. The van der Waals surface area contributed by atoms with Gasteiger partial charge in [0.25, 0.3) is 0 Å². The van der Waals surface area contributed by atoms with Gasteiger partial charge in [-0.2, -0.15) is 5.26 Å². The largest absolute Gasteiger partial charge is 0.493 e. The number of fused-ring (bicyclic) bond motifs is 3. The molecule has 1 aromatic rings. The Balaban J connectivity index is 2.03. The van der Waals surface area contributed by atoms with Crippen LogP contribution < -0.4 is 15.6 Å². The zero-order valence-corrected chi connectivity index (χ0v) is 9.73. The van der Waals surface area contributed by atoms with E-state index in [1.54, 1.807) is 0 Å². The third-order valence-corrected chi connectivity index (χ3v) is 3.60. The van der Waals surface area contributed by atoms with Gasteiger partial charge in [-0.1, -0.05) is 17.7 Å². The van der Waals surface area contributed by atoms with E-state index in [0.717, 1.165) is 17.7 Å². The van der Waals surface area contributed by atoms with Crippen LogP contribution >= 0.6 is 0 Å². The van der Waals surface area contributed by atoms with Crippen molar-refractivity contribution in [1.29, 1.82) is 5.26 Å². The zero-order valence-electron chi connectivity index (χ0n) is 9.73. The molecule has 1 fully saturated rings. The second-order valence-corrected chi connectivity index (χ2v) is 4.72. The van der Waals surface area contributed by atoms with Gasteiger partial charge in [-0.25, -0.2) is 10.9 Å². The molecule has 0 aliphatic carbocycles. The van der Waals surface area contributed by atoms with E-state index >= 15 is 0 Å². The molecule has 2 aliphatic rings. The molecule has 17 heavy (non-hydrogen) atoms. The lowest BCUT2D eigenvalue weighted by Gasteiger charge is -2.17. The van der Waals surface area contributed by atoms with Gasteiger partial charge in [0.2, 0.25) is 0 Å². The zero-order chi connectivity index (χ0) is 11.8. The van der Waals surface area contributed by atoms with Crippen LogP contribution in [-0.2, 0) is 0 Å². The van der Waals surface area contributed by atoms with Crippen molar-refractivity contribution in [3.8, 4) is 11.8 Å². The molecule has 4 heteroatoms. The molecule has 1 aromatic carbocycles. The molecule has 0 saturated carbocycles. The minimum absolute atomic E-state index is 0.130. The Kier molecular flexibility index (Phi) is 2.50. The molecule has 88 valence electrons. The van der Waals surface area contributed by atoms with E-state index in [2.05, 4.69) is 36.0 Å². The molecule has 1 saturated heterocycles. The highest BCUT2D eigenvalue weighted by atomic mass is 16.5. The van der Waals surface area contributed by atoms with Crippen molar-refractivity contribution in [2.75, 3.05) is 6.61 Å². The number of hydrogen-bond donors (Lipinski definition) is 2. The number of rotatable bonds is 0. The highest BCUT2D eigenvalue weighted by molar-refractivity contribution is 5.41. The van der Waals surface area contributed by atoms with E-state index in [0.29, 0.717) is 6.61 Å². The van der Waals surface area contributed by atoms with Crippen molar-refractivity contribution in [1.82, 2.24) is 10.9 Å². The Morgan fingerprint density at radius 2 is 2.29 bits per heavy atom. The van der Waals surface area contributed by atoms with E-state index < -0.39 is 0 Å². The summed E-state index contributed by atoms with van der Waals surface area (Å²) < 4.78 is 5.76. The van der Waals surface area contributed by atoms with Gasteiger partial charge < -0.3 is 4.74 Å². The molecule has 2 aliphatic heterocycles. The summed E-state index contributed by atoms with van der Waals surface area (Å²) in [5.41, 5.74) is 8.68. The Morgan fingerprint density at radius 3 is 3.12 bits per heavy atom. The van der Waals surface area contributed by atoms with Gasteiger partial charge in [0.1, 0.15) is 11.8 Å². The summed E-state index contributed by atoms with van der Waals surface area (Å²) in [6.07, 6.45) is 0.899. The van der Waals surface area contributed by atoms with Crippen molar-refractivity contribution in [2.45, 2.75) is 25.4 Å². The average Bonchev–Trinajstić information content (AvgIpc) is 2.66. The quantitative estimate of drug-likeness (QED) is 0.706. The van der Waals surface area contributed by atoms with Crippen LogP contribution in [0.15, 0.2) is 18.2 Å². The number of nitrogens with zero attached hydrogens (tertiary/aromatic N) is 1. The number of nitriles is 1. The van der Waals surface area contributed by atoms with Crippen LogP contribution in [0, 0.1) is 24.2 Å². The summed E-state index contributed by atoms with van der Waals surface area (Å²) in [7, 11) is 0. The number of aryl methyl sites for hydroxylation is 1. The molecule has 2 heterocycles. The Bertz CT molecular complexity index is 480. The summed E-state index contributed by atoms with van der Waals surface area (Å²) in [5, 5.41) is 9.11. The third kappa shape index (κ3) is 1.68. The first-order chi connectivity index (χ1) is 8.29. The Hall–Kier alpha value is -1.57. The minimum atomic E-state index is -0.130. The van der Waals surface area contributed by atoms with Crippen molar-refractivity contribution < 1.29 is 4.74 Å². The number of ether oxygens (including phenoxy) is 1. The molecule has 2 N–H and O–H groups in total. The fourth-order valence-corrected chi connectivity index (χ4v) is 2.70. The molecule has 0 amide bonds. The SMILES string of the molecule is Cc1ccc2c(c1)C1NNC(C#N)C1CCO2. The smallest absolute Gasteiger partial charge is 0.124 e. The summed E-state index contributed by atoms with van der Waals surface area (Å²) in [6, 6.07) is 8.58. The minimum Gasteiger partial charge on any atom is -0.493 e. The predicted molar refractivity (Wildman–Crippen MR) is 63.2 cm³/mol. The second kappa shape index (κ2) is 4.02. The fourth-order valence-electron chi connectivity index (χ4n) is 2.70. The van der Waals surface area contributed by atoms with Crippen LogP contribution in [0.5, 0.6) is 5.75 Å². The van der Waals surface area contributed by atoms with E-state index in [9.17, 15) is 0 Å². The van der Waals surface area contributed by atoms with Gasteiger partial charge in [-0.3, -0.25) is 0 Å². The predicted octanol–water partition coefficient (Wildman–Crippen LogP) is 1.43. The number of hydrogen-bond acceptors (Lipinski definition) is 4. The second-order valence-electron chi connectivity index (χ2n) is 4.72. The molecule has 3 atom stereocenters. The Morgan fingerprint density at radius 1 is 1.41 bits per heavy atom. The lowest BCUT2D eigenvalue weighted by Crippen LogP contribution is -2.31. The normalized spacial score (nSPS) is 30.7. The first-order valence-electron chi connectivity index (χ1n) is 5.93. The number of nitrogens with one attached hydrogen (secondary N) is 2. The lowest BCUT2D eigenvalue weighted by atomic mass is 9.87. The number of hydrazine groups is 1. The molecular weight excluding hydrogens is 214 g/mol. The molecule has 0 spiro atoms. The van der Waals surface area contributed by atoms with Gasteiger partial charge in [0.15, 0.2) is 0 Å². The van der Waals surface area contributed by atoms with E-state index in [-0.39, 0.29) is 18.0 Å². The molecule has 3 unspecified atom stereocenters. The highest BCUT2D eigenvalue weighted by Crippen LogP contribution is 2.39. The monoisotopic (exact) mass is 229 g/mol. The van der Waals surface area contributed by atoms with E-state index in [4.69, 9.17) is 10.00 Å². The maximum Gasteiger partial charge on any atom is 0.124 e. The van der Waals surface area contributed by atoms with Crippen LogP contribution in [0.1, 0.15) is 23.6 Å². The first kappa shape index (κ1) is 10.6. The maximum absolute atomic E-state index is 9.11. The van der Waals surface area contributed by atoms with E-state index in [1.165, 1.54) is 5.56 Å². The molecule has 3 rings (SSSR count). The van der Waals surface area contributed by atoms with Crippen molar-refractivity contribution in [3.05, 3.63) is 29.3 Å². The fraction of sp³-hybridized carbons (Fsp3) is 0.462. The lowest BCUT2D eigenvalue weighted by molar-refractivity contribution is 0.289. The standard InChI is InChI=1S/C13H15N3O/c1-8-2-3-12-10(6-8)13-9(4-5-17-12)11(7-14)15-16-13/h2-3,6,9,11,13,15-16H,4-5H2,1H3. The van der Waals surface area contributed by atoms with Crippen LogP contribution in [0.25, 0.3) is 0 Å². The summed E-state index contributed by atoms with van der Waals surface area (Å²) in [6.45, 7) is 2.75. The molecular formula is C13H15N3O. The van der Waals surface area contributed by atoms with Crippen molar-refractivity contribution in [3.63, 3.8) is 0 Å². The van der Waals surface area contributed by atoms with Gasteiger partial charge in [-0.05, 0) is 19.4 Å². The average molecular weight is 229 g/mol.